The van der Waals surface area contributed by atoms with E-state index in [4.69, 9.17) is 11.6 Å². The average Bonchev–Trinajstić information content (AvgIpc) is 3.04. The van der Waals surface area contributed by atoms with Crippen molar-refractivity contribution >= 4 is 17.2 Å². The Kier molecular flexibility index (Phi) is 3.62. The molecule has 4 rings (SSSR count). The third kappa shape index (κ3) is 2.70. The molecule has 0 amide bonds. The highest BCUT2D eigenvalue weighted by molar-refractivity contribution is 6.30. The predicted octanol–water partition coefficient (Wildman–Crippen LogP) is 4.08. The molecule has 0 fully saturated rings. The van der Waals surface area contributed by atoms with E-state index in [2.05, 4.69) is 4.98 Å². The van der Waals surface area contributed by atoms with Crippen LogP contribution in [0.25, 0.3) is 22.6 Å². The Morgan fingerprint density at radius 3 is 2.48 bits per heavy atom. The van der Waals surface area contributed by atoms with Gasteiger partial charge < -0.3 is 4.40 Å². The molecule has 25 heavy (non-hydrogen) atoms. The average molecular weight is 358 g/mol. The second-order valence-corrected chi connectivity index (χ2v) is 5.84. The van der Waals surface area contributed by atoms with Gasteiger partial charge in [-0.15, -0.1) is 0 Å². The number of hydrogen-bond donors (Lipinski definition) is 0. The van der Waals surface area contributed by atoms with E-state index in [0.717, 1.165) is 0 Å². The van der Waals surface area contributed by atoms with E-state index in [1.54, 1.807) is 35.1 Å². The number of aromatic nitrogens is 3. The van der Waals surface area contributed by atoms with E-state index >= 15 is 0 Å². The fraction of sp³-hybridized carbons (Fsp3) is 0. The topological polar surface area (TPSA) is 39.3 Å². The predicted molar refractivity (Wildman–Crippen MR) is 91.2 cm³/mol. The molecular formula is C18H10ClF2N3O. The molecule has 2 aromatic carbocycles. The molecular weight excluding hydrogens is 348 g/mol. The van der Waals surface area contributed by atoms with Crippen LogP contribution < -0.4 is 5.56 Å². The molecule has 0 aliphatic heterocycles. The van der Waals surface area contributed by atoms with Crippen molar-refractivity contribution < 1.29 is 8.78 Å². The number of benzene rings is 2. The largest absolute Gasteiger partial charge is 0.300 e. The van der Waals surface area contributed by atoms with Crippen molar-refractivity contribution in [2.45, 2.75) is 0 Å². The van der Waals surface area contributed by atoms with Crippen LogP contribution in [0.3, 0.4) is 0 Å². The maximum atomic E-state index is 13.3. The molecule has 0 saturated carbocycles. The maximum absolute atomic E-state index is 13.3. The minimum absolute atomic E-state index is 0.0698. The van der Waals surface area contributed by atoms with Gasteiger partial charge in [-0.05, 0) is 42.5 Å². The van der Waals surface area contributed by atoms with Crippen LogP contribution in [0.1, 0.15) is 0 Å². The smallest absolute Gasteiger partial charge is 0.298 e. The van der Waals surface area contributed by atoms with Crippen LogP contribution in [0.15, 0.2) is 65.8 Å². The van der Waals surface area contributed by atoms with Gasteiger partial charge in [0.05, 0.1) is 16.4 Å². The molecule has 124 valence electrons. The SMILES string of the molecule is O=c1c2nc(-c3ccc(F)cc3)cn2ccn1-c1ccc(F)c(Cl)c1. The lowest BCUT2D eigenvalue weighted by molar-refractivity contribution is 0.627. The lowest BCUT2D eigenvalue weighted by Gasteiger charge is -2.06. The van der Waals surface area contributed by atoms with Gasteiger partial charge in [0.25, 0.3) is 5.56 Å². The summed E-state index contributed by atoms with van der Waals surface area (Å²) >= 11 is 5.79. The number of hydrogen-bond acceptors (Lipinski definition) is 2. The normalized spacial score (nSPS) is 11.2. The highest BCUT2D eigenvalue weighted by Crippen LogP contribution is 2.20. The molecule has 0 saturated heterocycles. The van der Waals surface area contributed by atoms with E-state index in [9.17, 15) is 13.6 Å². The Bertz CT molecular complexity index is 1150. The Morgan fingerprint density at radius 1 is 1.00 bits per heavy atom. The number of nitrogens with zero attached hydrogens (tertiary/aromatic N) is 3. The summed E-state index contributed by atoms with van der Waals surface area (Å²) in [5.41, 5.74) is 1.50. The highest BCUT2D eigenvalue weighted by Gasteiger charge is 2.11. The van der Waals surface area contributed by atoms with Gasteiger partial charge in [-0.3, -0.25) is 9.36 Å². The molecule has 0 aliphatic carbocycles. The summed E-state index contributed by atoms with van der Waals surface area (Å²) in [5, 5.41) is -0.0698. The summed E-state index contributed by atoms with van der Waals surface area (Å²) in [5.74, 6) is -0.901. The molecule has 0 spiro atoms. The summed E-state index contributed by atoms with van der Waals surface area (Å²) in [6.45, 7) is 0. The van der Waals surface area contributed by atoms with Crippen LogP contribution in [-0.2, 0) is 0 Å². The summed E-state index contributed by atoms with van der Waals surface area (Å²) in [6.07, 6.45) is 4.90. The first-order chi connectivity index (χ1) is 12.0. The third-order valence-electron chi connectivity index (χ3n) is 3.84. The maximum Gasteiger partial charge on any atom is 0.298 e. The van der Waals surface area contributed by atoms with Gasteiger partial charge in [0, 0.05) is 24.2 Å². The number of halogens is 3. The molecule has 0 aliphatic rings. The fourth-order valence-corrected chi connectivity index (χ4v) is 2.75. The van der Waals surface area contributed by atoms with Crippen molar-refractivity contribution in [1.29, 1.82) is 0 Å². The molecule has 0 radical (unpaired) electrons. The van der Waals surface area contributed by atoms with E-state index in [1.807, 2.05) is 0 Å². The van der Waals surface area contributed by atoms with Gasteiger partial charge in [0.15, 0.2) is 0 Å². The second-order valence-electron chi connectivity index (χ2n) is 5.44. The summed E-state index contributed by atoms with van der Waals surface area (Å²) in [7, 11) is 0. The molecule has 7 heteroatoms. The Labute approximate surface area is 145 Å². The molecule has 0 N–H and O–H groups in total. The number of imidazole rings is 1. The number of fused-ring (bicyclic) bond motifs is 1. The summed E-state index contributed by atoms with van der Waals surface area (Å²) < 4.78 is 29.3. The standard InChI is InChI=1S/C18H10ClF2N3O/c19-14-9-13(5-6-15(14)21)24-8-7-23-10-16(22-17(23)18(24)25)11-1-3-12(20)4-2-11/h1-10H. The Morgan fingerprint density at radius 2 is 1.76 bits per heavy atom. The van der Waals surface area contributed by atoms with Gasteiger partial charge in [-0.1, -0.05) is 11.6 Å². The zero-order valence-electron chi connectivity index (χ0n) is 12.7. The lowest BCUT2D eigenvalue weighted by atomic mass is 10.2. The molecule has 0 bridgehead atoms. The minimum Gasteiger partial charge on any atom is -0.300 e. The number of rotatable bonds is 2. The van der Waals surface area contributed by atoms with Crippen LogP contribution in [0, 0.1) is 11.6 Å². The molecule has 2 aromatic heterocycles. The second kappa shape index (κ2) is 5.82. The van der Waals surface area contributed by atoms with Crippen molar-refractivity contribution in [3.05, 3.63) is 88.1 Å². The molecule has 2 heterocycles. The monoisotopic (exact) mass is 357 g/mol. The molecule has 4 aromatic rings. The Balaban J connectivity index is 1.86. The first-order valence-corrected chi connectivity index (χ1v) is 7.72. The molecule has 0 unspecified atom stereocenters. The Hall–Kier alpha value is -2.99. The summed E-state index contributed by atoms with van der Waals surface area (Å²) in [6, 6.07) is 9.88. The van der Waals surface area contributed by atoms with E-state index < -0.39 is 5.82 Å². The van der Waals surface area contributed by atoms with Crippen LogP contribution in [0.4, 0.5) is 8.78 Å². The quantitative estimate of drug-likeness (QED) is 0.542. The van der Waals surface area contributed by atoms with Crippen LogP contribution in [0.5, 0.6) is 0 Å². The van der Waals surface area contributed by atoms with Crippen LogP contribution in [0.2, 0.25) is 5.02 Å². The van der Waals surface area contributed by atoms with Gasteiger partial charge in [-0.25, -0.2) is 13.8 Å². The van der Waals surface area contributed by atoms with Crippen LogP contribution >= 0.6 is 11.6 Å². The molecule has 0 atom stereocenters. The highest BCUT2D eigenvalue weighted by atomic mass is 35.5. The summed E-state index contributed by atoms with van der Waals surface area (Å²) in [4.78, 5) is 17.0. The van der Waals surface area contributed by atoms with Crippen molar-refractivity contribution in [2.75, 3.05) is 0 Å². The van der Waals surface area contributed by atoms with E-state index in [0.29, 0.717) is 16.9 Å². The van der Waals surface area contributed by atoms with Crippen molar-refractivity contribution in [1.82, 2.24) is 14.0 Å². The van der Waals surface area contributed by atoms with Gasteiger partial charge in [-0.2, -0.15) is 0 Å². The van der Waals surface area contributed by atoms with Gasteiger partial charge >= 0.3 is 0 Å². The zero-order chi connectivity index (χ0) is 17.6. The first kappa shape index (κ1) is 15.5. The fourth-order valence-electron chi connectivity index (χ4n) is 2.58. The van der Waals surface area contributed by atoms with E-state index in [1.165, 1.54) is 34.9 Å². The first-order valence-electron chi connectivity index (χ1n) is 7.35. The minimum atomic E-state index is -0.557. The lowest BCUT2D eigenvalue weighted by Crippen LogP contribution is -2.20. The van der Waals surface area contributed by atoms with Crippen molar-refractivity contribution in [2.24, 2.45) is 0 Å². The van der Waals surface area contributed by atoms with Crippen molar-refractivity contribution in [3.63, 3.8) is 0 Å². The van der Waals surface area contributed by atoms with Gasteiger partial charge in [0.1, 0.15) is 11.6 Å². The van der Waals surface area contributed by atoms with E-state index in [-0.39, 0.29) is 22.0 Å². The zero-order valence-corrected chi connectivity index (χ0v) is 13.4. The van der Waals surface area contributed by atoms with Crippen molar-refractivity contribution in [3.8, 4) is 16.9 Å². The van der Waals surface area contributed by atoms with Gasteiger partial charge in [0.2, 0.25) is 5.65 Å². The molecule has 4 nitrogen and oxygen atoms in total. The van der Waals surface area contributed by atoms with Crippen LogP contribution in [-0.4, -0.2) is 14.0 Å². The third-order valence-corrected chi connectivity index (χ3v) is 4.13.